The highest BCUT2D eigenvalue weighted by molar-refractivity contribution is 5.70. The second kappa shape index (κ2) is 4.61. The standard InChI is InChI=1S/C7H11N3O2/c1-12-4-2-3-10-5-7(6-11)8-9-10/h5-6H,2-4H2,1H3. The number of aromatic nitrogens is 3. The van der Waals surface area contributed by atoms with Crippen molar-refractivity contribution in [1.82, 2.24) is 15.0 Å². The lowest BCUT2D eigenvalue weighted by atomic mass is 10.4. The summed E-state index contributed by atoms with van der Waals surface area (Å²) in [5, 5.41) is 7.36. The SMILES string of the molecule is COCCCn1cc(C=O)nn1. The van der Waals surface area contributed by atoms with Crippen molar-refractivity contribution < 1.29 is 9.53 Å². The van der Waals surface area contributed by atoms with Gasteiger partial charge in [0.2, 0.25) is 0 Å². The van der Waals surface area contributed by atoms with E-state index >= 15 is 0 Å². The van der Waals surface area contributed by atoms with Crippen LogP contribution in [-0.2, 0) is 11.3 Å². The molecule has 0 saturated carbocycles. The second-order valence-electron chi connectivity index (χ2n) is 2.37. The predicted octanol–water partition coefficient (Wildman–Crippen LogP) is 0.127. The molecule has 0 spiro atoms. The molecular weight excluding hydrogens is 158 g/mol. The van der Waals surface area contributed by atoms with Crippen molar-refractivity contribution in [1.29, 1.82) is 0 Å². The summed E-state index contributed by atoms with van der Waals surface area (Å²) >= 11 is 0. The number of nitrogens with zero attached hydrogens (tertiary/aromatic N) is 3. The van der Waals surface area contributed by atoms with E-state index in [0.29, 0.717) is 18.6 Å². The minimum Gasteiger partial charge on any atom is -0.385 e. The molecule has 1 rings (SSSR count). The Bertz CT molecular complexity index is 247. The Hall–Kier alpha value is -1.23. The van der Waals surface area contributed by atoms with Crippen LogP contribution in [0, 0.1) is 0 Å². The molecule has 12 heavy (non-hydrogen) atoms. The number of rotatable bonds is 5. The molecule has 0 unspecified atom stereocenters. The van der Waals surface area contributed by atoms with Crippen LogP contribution in [0.25, 0.3) is 0 Å². The maximum absolute atomic E-state index is 10.2. The van der Waals surface area contributed by atoms with Crippen LogP contribution in [0.4, 0.5) is 0 Å². The fourth-order valence-electron chi connectivity index (χ4n) is 0.848. The lowest BCUT2D eigenvalue weighted by Gasteiger charge is -1.97. The first-order chi connectivity index (χ1) is 5.86. The fourth-order valence-corrected chi connectivity index (χ4v) is 0.848. The molecule has 0 radical (unpaired) electrons. The zero-order valence-electron chi connectivity index (χ0n) is 6.93. The van der Waals surface area contributed by atoms with E-state index in [1.54, 1.807) is 18.0 Å². The minimum atomic E-state index is 0.368. The van der Waals surface area contributed by atoms with Gasteiger partial charge in [-0.3, -0.25) is 9.48 Å². The summed E-state index contributed by atoms with van der Waals surface area (Å²) in [5.41, 5.74) is 0.368. The number of carbonyl (C=O) groups excluding carboxylic acids is 1. The molecule has 0 N–H and O–H groups in total. The first-order valence-electron chi connectivity index (χ1n) is 3.71. The monoisotopic (exact) mass is 169 g/mol. The molecule has 66 valence electrons. The normalized spacial score (nSPS) is 10.1. The molecule has 0 fully saturated rings. The largest absolute Gasteiger partial charge is 0.385 e. The molecule has 0 aliphatic rings. The Labute approximate surface area is 70.3 Å². The van der Waals surface area contributed by atoms with Crippen molar-refractivity contribution in [2.24, 2.45) is 0 Å². The molecule has 1 aromatic rings. The van der Waals surface area contributed by atoms with Crippen molar-refractivity contribution >= 4 is 6.29 Å². The molecule has 5 nitrogen and oxygen atoms in total. The highest BCUT2D eigenvalue weighted by atomic mass is 16.5. The second-order valence-corrected chi connectivity index (χ2v) is 2.37. The number of methoxy groups -OCH3 is 1. The van der Waals surface area contributed by atoms with Crippen molar-refractivity contribution in [3.05, 3.63) is 11.9 Å². The highest BCUT2D eigenvalue weighted by Crippen LogP contribution is 1.91. The number of aldehydes is 1. The van der Waals surface area contributed by atoms with Gasteiger partial charge in [-0.2, -0.15) is 0 Å². The minimum absolute atomic E-state index is 0.368. The van der Waals surface area contributed by atoms with E-state index in [1.165, 1.54) is 0 Å². The van der Waals surface area contributed by atoms with Gasteiger partial charge in [0.15, 0.2) is 6.29 Å². The van der Waals surface area contributed by atoms with E-state index in [1.807, 2.05) is 0 Å². The molecule has 1 heterocycles. The summed E-state index contributed by atoms with van der Waals surface area (Å²) in [6.07, 6.45) is 3.17. The average Bonchev–Trinajstić information content (AvgIpc) is 2.53. The number of hydrogen-bond donors (Lipinski definition) is 0. The zero-order valence-corrected chi connectivity index (χ0v) is 6.93. The Balaban J connectivity index is 2.36. The molecule has 0 aliphatic heterocycles. The third kappa shape index (κ3) is 2.43. The molecule has 0 atom stereocenters. The third-order valence-corrected chi connectivity index (χ3v) is 1.41. The smallest absolute Gasteiger partial charge is 0.171 e. The van der Waals surface area contributed by atoms with Gasteiger partial charge >= 0.3 is 0 Å². The first kappa shape index (κ1) is 8.86. The van der Waals surface area contributed by atoms with E-state index in [2.05, 4.69) is 10.3 Å². The quantitative estimate of drug-likeness (QED) is 0.464. The van der Waals surface area contributed by atoms with Gasteiger partial charge in [0.05, 0.1) is 6.20 Å². The van der Waals surface area contributed by atoms with Gasteiger partial charge in [-0.05, 0) is 6.42 Å². The Morgan fingerprint density at radius 1 is 1.75 bits per heavy atom. The van der Waals surface area contributed by atoms with Crippen LogP contribution in [0.1, 0.15) is 16.9 Å². The topological polar surface area (TPSA) is 57.0 Å². The van der Waals surface area contributed by atoms with E-state index in [-0.39, 0.29) is 0 Å². The van der Waals surface area contributed by atoms with Gasteiger partial charge in [-0.25, -0.2) is 0 Å². The number of aryl methyl sites for hydroxylation is 1. The number of carbonyl (C=O) groups is 1. The summed E-state index contributed by atoms with van der Waals surface area (Å²) in [7, 11) is 1.65. The van der Waals surface area contributed by atoms with Crippen LogP contribution in [0.3, 0.4) is 0 Å². The third-order valence-electron chi connectivity index (χ3n) is 1.41. The lowest BCUT2D eigenvalue weighted by Crippen LogP contribution is -2.01. The van der Waals surface area contributed by atoms with Gasteiger partial charge in [-0.1, -0.05) is 5.21 Å². The summed E-state index contributed by atoms with van der Waals surface area (Å²) in [6, 6.07) is 0. The average molecular weight is 169 g/mol. The molecule has 0 aromatic carbocycles. The number of hydrogen-bond acceptors (Lipinski definition) is 4. The molecule has 0 amide bonds. The van der Waals surface area contributed by atoms with Crippen LogP contribution < -0.4 is 0 Å². The van der Waals surface area contributed by atoms with Crippen LogP contribution >= 0.6 is 0 Å². The van der Waals surface area contributed by atoms with Gasteiger partial charge in [0, 0.05) is 20.3 Å². The van der Waals surface area contributed by atoms with Crippen LogP contribution in [0.15, 0.2) is 6.20 Å². The van der Waals surface area contributed by atoms with Crippen molar-refractivity contribution in [3.8, 4) is 0 Å². The molecule has 0 saturated heterocycles. The molecule has 1 aromatic heterocycles. The van der Waals surface area contributed by atoms with E-state index in [4.69, 9.17) is 4.74 Å². The van der Waals surface area contributed by atoms with Gasteiger partial charge < -0.3 is 4.74 Å². The maximum atomic E-state index is 10.2. The van der Waals surface area contributed by atoms with Crippen LogP contribution in [0.5, 0.6) is 0 Å². The Morgan fingerprint density at radius 3 is 3.17 bits per heavy atom. The van der Waals surface area contributed by atoms with E-state index in [0.717, 1.165) is 13.0 Å². The van der Waals surface area contributed by atoms with Crippen LogP contribution in [0.2, 0.25) is 0 Å². The number of ether oxygens (including phenoxy) is 1. The summed E-state index contributed by atoms with van der Waals surface area (Å²) in [6.45, 7) is 1.42. The van der Waals surface area contributed by atoms with Crippen molar-refractivity contribution in [2.45, 2.75) is 13.0 Å². The summed E-state index contributed by atoms with van der Waals surface area (Å²) in [4.78, 5) is 10.2. The van der Waals surface area contributed by atoms with Crippen LogP contribution in [-0.4, -0.2) is 35.0 Å². The summed E-state index contributed by atoms with van der Waals surface area (Å²) in [5.74, 6) is 0. The highest BCUT2D eigenvalue weighted by Gasteiger charge is 1.97. The van der Waals surface area contributed by atoms with E-state index < -0.39 is 0 Å². The van der Waals surface area contributed by atoms with Crippen molar-refractivity contribution in [3.63, 3.8) is 0 Å². The zero-order chi connectivity index (χ0) is 8.81. The first-order valence-corrected chi connectivity index (χ1v) is 3.71. The molecule has 5 heteroatoms. The van der Waals surface area contributed by atoms with Gasteiger partial charge in [0.1, 0.15) is 5.69 Å². The molecule has 0 aliphatic carbocycles. The van der Waals surface area contributed by atoms with Gasteiger partial charge in [0.25, 0.3) is 0 Å². The van der Waals surface area contributed by atoms with E-state index in [9.17, 15) is 4.79 Å². The Morgan fingerprint density at radius 2 is 2.58 bits per heavy atom. The lowest BCUT2D eigenvalue weighted by molar-refractivity contribution is 0.111. The summed E-state index contributed by atoms with van der Waals surface area (Å²) < 4.78 is 6.49. The Kier molecular flexibility index (Phi) is 3.40. The van der Waals surface area contributed by atoms with Crippen molar-refractivity contribution in [2.75, 3.05) is 13.7 Å². The predicted molar refractivity (Wildman–Crippen MR) is 41.9 cm³/mol. The molecule has 0 bridgehead atoms. The van der Waals surface area contributed by atoms with Gasteiger partial charge in [-0.15, -0.1) is 5.10 Å². The maximum Gasteiger partial charge on any atom is 0.171 e. The fraction of sp³-hybridized carbons (Fsp3) is 0.571. The molecular formula is C7H11N3O2.